The van der Waals surface area contributed by atoms with Crippen LogP contribution in [0.1, 0.15) is 24.8 Å². The molecular formula is C14H21N3O2. The number of nitrogens with two attached hydrogens (primary N) is 1. The molecule has 1 saturated carbocycles. The monoisotopic (exact) mass is 263 g/mol. The Kier molecular flexibility index (Phi) is 4.87. The zero-order chi connectivity index (χ0) is 13.7. The van der Waals surface area contributed by atoms with Crippen LogP contribution in [-0.2, 0) is 11.2 Å². The summed E-state index contributed by atoms with van der Waals surface area (Å²) in [5, 5.41) is 12.4. The summed E-state index contributed by atoms with van der Waals surface area (Å²) in [6, 6.07) is 3.68. The number of hydrogen-bond acceptors (Lipinski definition) is 4. The molecule has 1 fully saturated rings. The largest absolute Gasteiger partial charge is 0.391 e. The van der Waals surface area contributed by atoms with Crippen molar-refractivity contribution in [3.8, 4) is 0 Å². The van der Waals surface area contributed by atoms with Crippen LogP contribution in [0.15, 0.2) is 24.5 Å². The Bertz CT molecular complexity index is 400. The van der Waals surface area contributed by atoms with Crippen LogP contribution in [0.25, 0.3) is 0 Å². The molecule has 0 aliphatic heterocycles. The standard InChI is InChI=1S/C14H21N3O2/c15-12-7-11(8-13(12)18)14(19)17-6-2-4-10-3-1-5-16-9-10/h1,3,5,9,11-13,18H,2,4,6-8,15H2,(H,17,19)/t11-,12+,13+/m0/s1. The van der Waals surface area contributed by atoms with E-state index < -0.39 is 6.10 Å². The average molecular weight is 263 g/mol. The van der Waals surface area contributed by atoms with Crippen LogP contribution in [0.2, 0.25) is 0 Å². The number of aliphatic hydroxyl groups excluding tert-OH is 1. The van der Waals surface area contributed by atoms with E-state index in [9.17, 15) is 9.90 Å². The Morgan fingerprint density at radius 2 is 2.37 bits per heavy atom. The summed E-state index contributed by atoms with van der Waals surface area (Å²) >= 11 is 0. The summed E-state index contributed by atoms with van der Waals surface area (Å²) in [4.78, 5) is 15.9. The molecule has 0 saturated heterocycles. The van der Waals surface area contributed by atoms with Crippen LogP contribution >= 0.6 is 0 Å². The van der Waals surface area contributed by atoms with E-state index >= 15 is 0 Å². The number of hydrogen-bond donors (Lipinski definition) is 3. The van der Waals surface area contributed by atoms with E-state index in [1.165, 1.54) is 5.56 Å². The first kappa shape index (κ1) is 14.0. The van der Waals surface area contributed by atoms with E-state index in [1.54, 1.807) is 6.20 Å². The second-order valence-electron chi connectivity index (χ2n) is 5.16. The average Bonchev–Trinajstić information content (AvgIpc) is 2.76. The molecular weight excluding hydrogens is 242 g/mol. The lowest BCUT2D eigenvalue weighted by atomic mass is 10.1. The number of aromatic nitrogens is 1. The third-order valence-electron chi connectivity index (χ3n) is 3.61. The normalized spacial score (nSPS) is 26.3. The first-order valence-corrected chi connectivity index (χ1v) is 6.77. The van der Waals surface area contributed by atoms with Gasteiger partial charge in [-0.1, -0.05) is 6.07 Å². The van der Waals surface area contributed by atoms with Crippen LogP contribution in [0.5, 0.6) is 0 Å². The molecule has 1 aliphatic rings. The highest BCUT2D eigenvalue weighted by molar-refractivity contribution is 5.79. The summed E-state index contributed by atoms with van der Waals surface area (Å²) in [5.74, 6) is -0.124. The summed E-state index contributed by atoms with van der Waals surface area (Å²) < 4.78 is 0. The quantitative estimate of drug-likeness (QED) is 0.663. The topological polar surface area (TPSA) is 88.2 Å². The fourth-order valence-corrected chi connectivity index (χ4v) is 2.46. The van der Waals surface area contributed by atoms with Gasteiger partial charge in [-0.2, -0.15) is 0 Å². The number of amides is 1. The van der Waals surface area contributed by atoms with Crippen molar-refractivity contribution in [1.82, 2.24) is 10.3 Å². The fourth-order valence-electron chi connectivity index (χ4n) is 2.46. The Hall–Kier alpha value is -1.46. The summed E-state index contributed by atoms with van der Waals surface area (Å²) in [5.41, 5.74) is 6.88. The Morgan fingerprint density at radius 3 is 3.00 bits per heavy atom. The number of pyridine rings is 1. The number of aliphatic hydroxyl groups is 1. The molecule has 1 aromatic heterocycles. The van der Waals surface area contributed by atoms with Crippen molar-refractivity contribution < 1.29 is 9.90 Å². The van der Waals surface area contributed by atoms with E-state index in [0.29, 0.717) is 19.4 Å². The second kappa shape index (κ2) is 6.63. The predicted octanol–water partition coefficient (Wildman–Crippen LogP) is 0.229. The Labute approximate surface area is 113 Å². The number of carbonyl (C=O) groups is 1. The van der Waals surface area contributed by atoms with Crippen molar-refractivity contribution in [3.05, 3.63) is 30.1 Å². The molecule has 1 amide bonds. The van der Waals surface area contributed by atoms with E-state index in [0.717, 1.165) is 12.8 Å². The van der Waals surface area contributed by atoms with Crippen molar-refractivity contribution in [1.29, 1.82) is 0 Å². The Balaban J connectivity index is 1.65. The molecule has 5 heteroatoms. The van der Waals surface area contributed by atoms with Crippen LogP contribution in [0.4, 0.5) is 0 Å². The summed E-state index contributed by atoms with van der Waals surface area (Å²) in [7, 11) is 0. The first-order valence-electron chi connectivity index (χ1n) is 6.77. The van der Waals surface area contributed by atoms with E-state index in [-0.39, 0.29) is 17.9 Å². The minimum absolute atomic E-state index is 0.0122. The molecule has 0 spiro atoms. The van der Waals surface area contributed by atoms with E-state index in [2.05, 4.69) is 10.3 Å². The maximum atomic E-state index is 11.9. The lowest BCUT2D eigenvalue weighted by Crippen LogP contribution is -2.31. The molecule has 104 valence electrons. The van der Waals surface area contributed by atoms with Gasteiger partial charge < -0.3 is 16.2 Å². The van der Waals surface area contributed by atoms with Gasteiger partial charge in [-0.15, -0.1) is 0 Å². The zero-order valence-corrected chi connectivity index (χ0v) is 11.0. The summed E-state index contributed by atoms with van der Waals surface area (Å²) in [6.45, 7) is 0.648. The molecule has 0 aromatic carbocycles. The molecule has 0 radical (unpaired) electrons. The third kappa shape index (κ3) is 4.01. The Morgan fingerprint density at radius 1 is 1.53 bits per heavy atom. The molecule has 1 heterocycles. The number of rotatable bonds is 5. The molecule has 1 aliphatic carbocycles. The number of nitrogens with zero attached hydrogens (tertiary/aromatic N) is 1. The highest BCUT2D eigenvalue weighted by Gasteiger charge is 2.34. The minimum atomic E-state index is -0.536. The van der Waals surface area contributed by atoms with Crippen LogP contribution < -0.4 is 11.1 Å². The fraction of sp³-hybridized carbons (Fsp3) is 0.571. The highest BCUT2D eigenvalue weighted by atomic mass is 16.3. The minimum Gasteiger partial charge on any atom is -0.391 e. The van der Waals surface area contributed by atoms with Gasteiger partial charge in [0, 0.05) is 30.9 Å². The van der Waals surface area contributed by atoms with Gasteiger partial charge in [0.1, 0.15) is 0 Å². The summed E-state index contributed by atoms with van der Waals surface area (Å²) in [6.07, 6.45) is 5.91. The lowest BCUT2D eigenvalue weighted by Gasteiger charge is -2.10. The second-order valence-corrected chi connectivity index (χ2v) is 5.16. The molecule has 3 atom stereocenters. The molecule has 0 unspecified atom stereocenters. The predicted molar refractivity (Wildman–Crippen MR) is 72.3 cm³/mol. The smallest absolute Gasteiger partial charge is 0.223 e. The van der Waals surface area contributed by atoms with Gasteiger partial charge in [-0.3, -0.25) is 9.78 Å². The van der Waals surface area contributed by atoms with Gasteiger partial charge in [0.2, 0.25) is 5.91 Å². The molecule has 19 heavy (non-hydrogen) atoms. The number of aryl methyl sites for hydroxylation is 1. The number of nitrogens with one attached hydrogen (secondary N) is 1. The van der Waals surface area contributed by atoms with Gasteiger partial charge >= 0.3 is 0 Å². The van der Waals surface area contributed by atoms with Crippen molar-refractivity contribution >= 4 is 5.91 Å². The lowest BCUT2D eigenvalue weighted by molar-refractivity contribution is -0.125. The van der Waals surface area contributed by atoms with Crippen molar-refractivity contribution in [3.63, 3.8) is 0 Å². The van der Waals surface area contributed by atoms with Crippen LogP contribution in [-0.4, -0.2) is 34.7 Å². The molecule has 1 aromatic rings. The highest BCUT2D eigenvalue weighted by Crippen LogP contribution is 2.24. The van der Waals surface area contributed by atoms with Gasteiger partial charge in [0.15, 0.2) is 0 Å². The van der Waals surface area contributed by atoms with Gasteiger partial charge in [0.05, 0.1) is 6.10 Å². The van der Waals surface area contributed by atoms with E-state index in [4.69, 9.17) is 5.73 Å². The maximum Gasteiger partial charge on any atom is 0.223 e. The first-order chi connectivity index (χ1) is 9.16. The maximum absolute atomic E-state index is 11.9. The molecule has 4 N–H and O–H groups in total. The van der Waals surface area contributed by atoms with Crippen molar-refractivity contribution in [2.24, 2.45) is 11.7 Å². The van der Waals surface area contributed by atoms with Gasteiger partial charge in [0.25, 0.3) is 0 Å². The van der Waals surface area contributed by atoms with Crippen LogP contribution in [0.3, 0.4) is 0 Å². The van der Waals surface area contributed by atoms with Crippen molar-refractivity contribution in [2.45, 2.75) is 37.8 Å². The van der Waals surface area contributed by atoms with Crippen LogP contribution in [0, 0.1) is 5.92 Å². The number of carbonyl (C=O) groups excluding carboxylic acids is 1. The third-order valence-corrected chi connectivity index (χ3v) is 3.61. The zero-order valence-electron chi connectivity index (χ0n) is 11.0. The molecule has 5 nitrogen and oxygen atoms in total. The van der Waals surface area contributed by atoms with Gasteiger partial charge in [-0.25, -0.2) is 0 Å². The van der Waals surface area contributed by atoms with Gasteiger partial charge in [-0.05, 0) is 37.3 Å². The SMILES string of the molecule is N[C@@H]1C[C@H](C(=O)NCCCc2cccnc2)C[C@H]1O. The van der Waals surface area contributed by atoms with Crippen molar-refractivity contribution in [2.75, 3.05) is 6.54 Å². The molecule has 2 rings (SSSR count). The molecule has 0 bridgehead atoms. The van der Waals surface area contributed by atoms with E-state index in [1.807, 2.05) is 18.3 Å².